The zero-order valence-corrected chi connectivity index (χ0v) is 9.03. The van der Waals surface area contributed by atoms with Gasteiger partial charge in [0.1, 0.15) is 5.82 Å². The predicted molar refractivity (Wildman–Crippen MR) is 58.3 cm³/mol. The van der Waals surface area contributed by atoms with Crippen LogP contribution in [0.15, 0.2) is 24.3 Å². The lowest BCUT2D eigenvalue weighted by molar-refractivity contribution is 0.0627. The molecule has 0 heterocycles. The highest BCUT2D eigenvalue weighted by molar-refractivity contribution is 5.71. The van der Waals surface area contributed by atoms with Crippen molar-refractivity contribution in [2.75, 3.05) is 6.54 Å². The van der Waals surface area contributed by atoms with Gasteiger partial charge in [-0.15, -0.1) is 0 Å². The third-order valence-corrected chi connectivity index (χ3v) is 2.14. The van der Waals surface area contributed by atoms with Gasteiger partial charge in [-0.25, -0.2) is 9.18 Å². The molecular weight excluding hydrogens is 211 g/mol. The summed E-state index contributed by atoms with van der Waals surface area (Å²) in [5.41, 5.74) is 4.59. The SMILES string of the molecule is CC(O)(CNC(N)=O)Cc1ccc(F)cc1. The van der Waals surface area contributed by atoms with Gasteiger partial charge in [0.15, 0.2) is 0 Å². The summed E-state index contributed by atoms with van der Waals surface area (Å²) >= 11 is 0. The standard InChI is InChI=1S/C11H15FN2O2/c1-11(16,7-14-10(13)15)6-8-2-4-9(12)5-3-8/h2-5,16H,6-7H2,1H3,(H3,13,14,15). The zero-order chi connectivity index (χ0) is 12.2. The van der Waals surface area contributed by atoms with Gasteiger partial charge in [0.05, 0.1) is 5.60 Å². The van der Waals surface area contributed by atoms with E-state index in [4.69, 9.17) is 5.73 Å². The minimum absolute atomic E-state index is 0.0553. The van der Waals surface area contributed by atoms with Crippen LogP contribution >= 0.6 is 0 Å². The lowest BCUT2D eigenvalue weighted by Crippen LogP contribution is -2.44. The molecule has 1 atom stereocenters. The quantitative estimate of drug-likeness (QED) is 0.710. The van der Waals surface area contributed by atoms with E-state index in [0.717, 1.165) is 5.56 Å². The third-order valence-electron chi connectivity index (χ3n) is 2.14. The van der Waals surface area contributed by atoms with E-state index in [1.54, 1.807) is 19.1 Å². The normalized spacial score (nSPS) is 14.2. The number of rotatable bonds is 4. The number of amides is 2. The number of carbonyl (C=O) groups excluding carboxylic acids is 1. The molecule has 0 radical (unpaired) electrons. The number of nitrogens with two attached hydrogens (primary N) is 1. The Bertz CT molecular complexity index is 363. The first kappa shape index (κ1) is 12.4. The van der Waals surface area contributed by atoms with E-state index in [1.165, 1.54) is 12.1 Å². The van der Waals surface area contributed by atoms with Gasteiger partial charge in [0, 0.05) is 13.0 Å². The average Bonchev–Trinajstić information content (AvgIpc) is 2.19. The van der Waals surface area contributed by atoms with Crippen LogP contribution in [0.4, 0.5) is 9.18 Å². The Kier molecular flexibility index (Phi) is 3.84. The van der Waals surface area contributed by atoms with Crippen LogP contribution in [-0.2, 0) is 6.42 Å². The van der Waals surface area contributed by atoms with Crippen LogP contribution in [0.25, 0.3) is 0 Å². The van der Waals surface area contributed by atoms with Gasteiger partial charge >= 0.3 is 6.03 Å². The Hall–Kier alpha value is -1.62. The maximum atomic E-state index is 12.6. The lowest BCUT2D eigenvalue weighted by atomic mass is 9.96. The highest BCUT2D eigenvalue weighted by atomic mass is 19.1. The van der Waals surface area contributed by atoms with Crippen molar-refractivity contribution in [1.82, 2.24) is 5.32 Å². The summed E-state index contributed by atoms with van der Waals surface area (Å²) < 4.78 is 12.6. The predicted octanol–water partition coefficient (Wildman–Crippen LogP) is 0.787. The van der Waals surface area contributed by atoms with Crippen LogP contribution in [0.5, 0.6) is 0 Å². The van der Waals surface area contributed by atoms with Crippen molar-refractivity contribution in [3.05, 3.63) is 35.6 Å². The lowest BCUT2D eigenvalue weighted by Gasteiger charge is -2.23. The molecule has 16 heavy (non-hydrogen) atoms. The fraction of sp³-hybridized carbons (Fsp3) is 0.364. The molecule has 4 nitrogen and oxygen atoms in total. The van der Waals surface area contributed by atoms with Gasteiger partial charge in [-0.3, -0.25) is 0 Å². The number of nitrogens with one attached hydrogen (secondary N) is 1. The summed E-state index contributed by atoms with van der Waals surface area (Å²) in [4.78, 5) is 10.5. The molecule has 0 bridgehead atoms. The zero-order valence-electron chi connectivity index (χ0n) is 9.03. The topological polar surface area (TPSA) is 75.3 Å². The molecule has 5 heteroatoms. The number of hydrogen-bond acceptors (Lipinski definition) is 2. The summed E-state index contributed by atoms with van der Waals surface area (Å²) in [6.07, 6.45) is 0.313. The third kappa shape index (κ3) is 4.27. The Morgan fingerprint density at radius 2 is 2.06 bits per heavy atom. The first-order valence-electron chi connectivity index (χ1n) is 4.89. The first-order chi connectivity index (χ1) is 7.39. The number of urea groups is 1. The first-order valence-corrected chi connectivity index (χ1v) is 4.89. The number of aliphatic hydroxyl groups is 1. The van der Waals surface area contributed by atoms with Crippen LogP contribution in [-0.4, -0.2) is 23.3 Å². The second-order valence-electron chi connectivity index (χ2n) is 4.02. The van der Waals surface area contributed by atoms with Crippen molar-refractivity contribution in [3.8, 4) is 0 Å². The number of carbonyl (C=O) groups is 1. The second-order valence-corrected chi connectivity index (χ2v) is 4.02. The molecule has 88 valence electrons. The smallest absolute Gasteiger partial charge is 0.312 e. The number of hydrogen-bond donors (Lipinski definition) is 3. The van der Waals surface area contributed by atoms with Crippen molar-refractivity contribution in [3.63, 3.8) is 0 Å². The molecule has 0 aliphatic rings. The van der Waals surface area contributed by atoms with E-state index >= 15 is 0 Å². The molecule has 0 saturated carbocycles. The van der Waals surface area contributed by atoms with Gasteiger partial charge in [-0.05, 0) is 24.6 Å². The minimum Gasteiger partial charge on any atom is -0.388 e. The summed E-state index contributed by atoms with van der Waals surface area (Å²) in [7, 11) is 0. The fourth-order valence-electron chi connectivity index (χ4n) is 1.38. The molecule has 1 aromatic rings. The highest BCUT2D eigenvalue weighted by Gasteiger charge is 2.21. The van der Waals surface area contributed by atoms with Crippen LogP contribution in [0.2, 0.25) is 0 Å². The Morgan fingerprint density at radius 1 is 1.50 bits per heavy atom. The number of halogens is 1. The van der Waals surface area contributed by atoms with Gasteiger partial charge in [0.25, 0.3) is 0 Å². The molecule has 1 rings (SSSR count). The van der Waals surface area contributed by atoms with Crippen LogP contribution in [0, 0.1) is 5.82 Å². The van der Waals surface area contributed by atoms with Crippen LogP contribution in [0.3, 0.4) is 0 Å². The van der Waals surface area contributed by atoms with Crippen LogP contribution < -0.4 is 11.1 Å². The monoisotopic (exact) mass is 226 g/mol. The van der Waals surface area contributed by atoms with Gasteiger partial charge < -0.3 is 16.2 Å². The molecule has 1 unspecified atom stereocenters. The Balaban J connectivity index is 2.57. The summed E-state index contributed by atoms with van der Waals surface area (Å²) in [5.74, 6) is -0.321. The Labute approximate surface area is 93.3 Å². The molecule has 0 spiro atoms. The van der Waals surface area contributed by atoms with Crippen molar-refractivity contribution in [1.29, 1.82) is 0 Å². The van der Waals surface area contributed by atoms with E-state index < -0.39 is 11.6 Å². The molecule has 2 amide bonds. The number of benzene rings is 1. The summed E-state index contributed by atoms with van der Waals surface area (Å²) in [6, 6.07) is 5.15. The highest BCUT2D eigenvalue weighted by Crippen LogP contribution is 2.12. The Morgan fingerprint density at radius 3 is 2.56 bits per heavy atom. The van der Waals surface area contributed by atoms with Crippen molar-refractivity contribution >= 4 is 6.03 Å². The van der Waals surface area contributed by atoms with Crippen molar-refractivity contribution in [2.45, 2.75) is 18.9 Å². The van der Waals surface area contributed by atoms with Gasteiger partial charge in [-0.2, -0.15) is 0 Å². The van der Waals surface area contributed by atoms with Gasteiger partial charge in [-0.1, -0.05) is 12.1 Å². The average molecular weight is 226 g/mol. The summed E-state index contributed by atoms with van der Waals surface area (Å²) in [5, 5.41) is 12.3. The minimum atomic E-state index is -1.10. The molecule has 4 N–H and O–H groups in total. The molecular formula is C11H15FN2O2. The van der Waals surface area contributed by atoms with E-state index in [9.17, 15) is 14.3 Å². The molecule has 1 aromatic carbocycles. The van der Waals surface area contributed by atoms with E-state index in [2.05, 4.69) is 5.32 Å². The second kappa shape index (κ2) is 4.94. The molecule has 0 saturated heterocycles. The fourth-order valence-corrected chi connectivity index (χ4v) is 1.38. The molecule has 0 fully saturated rings. The molecule has 0 aliphatic carbocycles. The van der Waals surface area contributed by atoms with E-state index in [0.29, 0.717) is 6.42 Å². The van der Waals surface area contributed by atoms with Gasteiger partial charge in [0.2, 0.25) is 0 Å². The molecule has 0 aliphatic heterocycles. The van der Waals surface area contributed by atoms with E-state index in [-0.39, 0.29) is 12.4 Å². The van der Waals surface area contributed by atoms with Crippen LogP contribution in [0.1, 0.15) is 12.5 Å². The van der Waals surface area contributed by atoms with Crippen molar-refractivity contribution in [2.24, 2.45) is 5.73 Å². The largest absolute Gasteiger partial charge is 0.388 e. The maximum Gasteiger partial charge on any atom is 0.312 e. The van der Waals surface area contributed by atoms with Crippen molar-refractivity contribution < 1.29 is 14.3 Å². The molecule has 0 aromatic heterocycles. The number of primary amides is 1. The maximum absolute atomic E-state index is 12.6. The summed E-state index contributed by atoms with van der Waals surface area (Å²) in [6.45, 7) is 1.63. The van der Waals surface area contributed by atoms with E-state index in [1.807, 2.05) is 0 Å².